The molecule has 2 aliphatic heterocycles. The zero-order chi connectivity index (χ0) is 14.4. The van der Waals surface area contributed by atoms with Crippen molar-refractivity contribution in [3.63, 3.8) is 0 Å². The van der Waals surface area contributed by atoms with E-state index in [1.807, 2.05) is 18.2 Å². The van der Waals surface area contributed by atoms with Crippen LogP contribution in [0.25, 0.3) is 0 Å². The first-order valence-electron chi connectivity index (χ1n) is 7.30. The van der Waals surface area contributed by atoms with E-state index in [2.05, 4.69) is 22.3 Å². The first kappa shape index (κ1) is 12.6. The Kier molecular flexibility index (Phi) is 2.84. The summed E-state index contributed by atoms with van der Waals surface area (Å²) in [5.74, 6) is -1.58. The Morgan fingerprint density at radius 3 is 2.57 bits per heavy atom. The van der Waals surface area contributed by atoms with Crippen LogP contribution in [-0.2, 0) is 0 Å². The molecule has 0 bridgehead atoms. The second kappa shape index (κ2) is 4.72. The van der Waals surface area contributed by atoms with Crippen LogP contribution in [0.3, 0.4) is 0 Å². The molecular weight excluding hydrogens is 270 g/mol. The van der Waals surface area contributed by atoms with Crippen LogP contribution in [0.5, 0.6) is 0 Å². The molecule has 4 heteroatoms. The molecule has 2 aromatic rings. The van der Waals surface area contributed by atoms with Gasteiger partial charge in [-0.25, -0.2) is 8.78 Å². The molecule has 0 amide bonds. The molecule has 2 atom stereocenters. The molecular formula is C17H16F2N2. The summed E-state index contributed by atoms with van der Waals surface area (Å²) in [5.41, 5.74) is 2.70. The van der Waals surface area contributed by atoms with Crippen LogP contribution in [0, 0.1) is 11.6 Å². The topological polar surface area (TPSA) is 15.3 Å². The third-order valence-corrected chi connectivity index (χ3v) is 4.53. The van der Waals surface area contributed by atoms with Crippen molar-refractivity contribution >= 4 is 11.4 Å². The third-order valence-electron chi connectivity index (χ3n) is 4.53. The van der Waals surface area contributed by atoms with E-state index in [0.717, 1.165) is 25.1 Å². The lowest BCUT2D eigenvalue weighted by Gasteiger charge is -2.38. The summed E-state index contributed by atoms with van der Waals surface area (Å²) in [7, 11) is 0. The van der Waals surface area contributed by atoms with Gasteiger partial charge in [-0.15, -0.1) is 0 Å². The Morgan fingerprint density at radius 2 is 1.76 bits per heavy atom. The zero-order valence-corrected chi connectivity index (χ0v) is 11.5. The van der Waals surface area contributed by atoms with E-state index in [0.29, 0.717) is 11.7 Å². The normalized spacial score (nSPS) is 23.4. The Balaban J connectivity index is 1.80. The minimum Gasteiger partial charge on any atom is -0.381 e. The van der Waals surface area contributed by atoms with Gasteiger partial charge in [-0.2, -0.15) is 0 Å². The molecule has 0 aliphatic carbocycles. The van der Waals surface area contributed by atoms with Crippen LogP contribution in [0.1, 0.15) is 24.4 Å². The van der Waals surface area contributed by atoms with Crippen LogP contribution in [0.15, 0.2) is 42.5 Å². The molecule has 1 saturated heterocycles. The standard InChI is InChI=1S/C17H16F2N2/c18-13-8-15-17(9-14(13)19)21-12(10-20-15)6-7-16(21)11-4-2-1-3-5-11/h1-5,8-9,12,16,20H,6-7,10H2/t12-,16+/m1/s1. The monoisotopic (exact) mass is 286 g/mol. The molecule has 4 rings (SSSR count). The predicted octanol–water partition coefficient (Wildman–Crippen LogP) is 4.10. The van der Waals surface area contributed by atoms with E-state index >= 15 is 0 Å². The van der Waals surface area contributed by atoms with Gasteiger partial charge in [-0.3, -0.25) is 0 Å². The van der Waals surface area contributed by atoms with E-state index < -0.39 is 11.6 Å². The van der Waals surface area contributed by atoms with Gasteiger partial charge in [0.1, 0.15) is 0 Å². The molecule has 0 radical (unpaired) electrons. The Labute approximate surface area is 122 Å². The maximum absolute atomic E-state index is 13.7. The Bertz CT molecular complexity index is 672. The second-order valence-electron chi connectivity index (χ2n) is 5.73. The summed E-state index contributed by atoms with van der Waals surface area (Å²) in [6.07, 6.45) is 2.10. The molecule has 108 valence electrons. The predicted molar refractivity (Wildman–Crippen MR) is 79.5 cm³/mol. The number of rotatable bonds is 1. The van der Waals surface area contributed by atoms with Gasteiger partial charge in [-0.1, -0.05) is 30.3 Å². The highest BCUT2D eigenvalue weighted by Crippen LogP contribution is 2.45. The summed E-state index contributed by atoms with van der Waals surface area (Å²) in [4.78, 5) is 2.25. The average molecular weight is 286 g/mol. The van der Waals surface area contributed by atoms with Crippen LogP contribution >= 0.6 is 0 Å². The van der Waals surface area contributed by atoms with Gasteiger partial charge in [0.05, 0.1) is 17.4 Å². The van der Waals surface area contributed by atoms with E-state index in [-0.39, 0.29) is 6.04 Å². The quantitative estimate of drug-likeness (QED) is 0.849. The fourth-order valence-corrected chi connectivity index (χ4v) is 3.57. The number of nitrogens with one attached hydrogen (secondary N) is 1. The average Bonchev–Trinajstić information content (AvgIpc) is 2.94. The molecule has 0 saturated carbocycles. The first-order valence-corrected chi connectivity index (χ1v) is 7.30. The number of hydrogen-bond donors (Lipinski definition) is 1. The Morgan fingerprint density at radius 1 is 1.00 bits per heavy atom. The van der Waals surface area contributed by atoms with E-state index in [1.54, 1.807) is 0 Å². The third kappa shape index (κ3) is 1.97. The molecule has 0 aromatic heterocycles. The lowest BCUT2D eigenvalue weighted by atomic mass is 10.0. The summed E-state index contributed by atoms with van der Waals surface area (Å²) >= 11 is 0. The van der Waals surface area contributed by atoms with Crippen LogP contribution in [0.4, 0.5) is 20.2 Å². The van der Waals surface area contributed by atoms with Crippen LogP contribution in [-0.4, -0.2) is 12.6 Å². The Hall–Kier alpha value is -2.10. The maximum Gasteiger partial charge on any atom is 0.161 e. The van der Waals surface area contributed by atoms with Gasteiger partial charge < -0.3 is 10.2 Å². The summed E-state index contributed by atoms with van der Waals surface area (Å²) in [6, 6.07) is 13.4. The molecule has 2 nitrogen and oxygen atoms in total. The number of hydrogen-bond acceptors (Lipinski definition) is 2. The highest BCUT2D eigenvalue weighted by Gasteiger charge is 2.38. The fourth-order valence-electron chi connectivity index (χ4n) is 3.57. The first-order chi connectivity index (χ1) is 10.2. The molecule has 2 heterocycles. The van der Waals surface area contributed by atoms with Crippen molar-refractivity contribution in [3.05, 3.63) is 59.7 Å². The lowest BCUT2D eigenvalue weighted by molar-refractivity contribution is 0.506. The van der Waals surface area contributed by atoms with Gasteiger partial charge in [0, 0.05) is 24.7 Å². The van der Waals surface area contributed by atoms with E-state index in [9.17, 15) is 8.78 Å². The van der Waals surface area contributed by atoms with Crippen LogP contribution < -0.4 is 10.2 Å². The van der Waals surface area contributed by atoms with Crippen molar-refractivity contribution in [1.82, 2.24) is 0 Å². The largest absolute Gasteiger partial charge is 0.381 e. The highest BCUT2D eigenvalue weighted by atomic mass is 19.2. The number of fused-ring (bicyclic) bond motifs is 3. The van der Waals surface area contributed by atoms with Crippen molar-refractivity contribution in [2.45, 2.75) is 24.9 Å². The number of benzene rings is 2. The van der Waals surface area contributed by atoms with Crippen molar-refractivity contribution in [1.29, 1.82) is 0 Å². The number of nitrogens with zero attached hydrogens (tertiary/aromatic N) is 1. The molecule has 0 spiro atoms. The molecule has 2 aliphatic rings. The van der Waals surface area contributed by atoms with Crippen molar-refractivity contribution in [2.75, 3.05) is 16.8 Å². The van der Waals surface area contributed by atoms with Gasteiger partial charge in [0.25, 0.3) is 0 Å². The lowest BCUT2D eigenvalue weighted by Crippen LogP contribution is -2.40. The molecule has 2 aromatic carbocycles. The molecule has 1 N–H and O–H groups in total. The summed E-state index contributed by atoms with van der Waals surface area (Å²) in [5, 5.41) is 3.23. The van der Waals surface area contributed by atoms with Gasteiger partial charge >= 0.3 is 0 Å². The number of anilines is 2. The minimum absolute atomic E-state index is 0.238. The van der Waals surface area contributed by atoms with Crippen molar-refractivity contribution in [2.24, 2.45) is 0 Å². The van der Waals surface area contributed by atoms with E-state index in [4.69, 9.17) is 0 Å². The van der Waals surface area contributed by atoms with Crippen LogP contribution in [0.2, 0.25) is 0 Å². The van der Waals surface area contributed by atoms with Gasteiger partial charge in [-0.05, 0) is 18.4 Å². The number of halogens is 2. The second-order valence-corrected chi connectivity index (χ2v) is 5.73. The van der Waals surface area contributed by atoms with E-state index in [1.165, 1.54) is 17.7 Å². The smallest absolute Gasteiger partial charge is 0.161 e. The summed E-state index contributed by atoms with van der Waals surface area (Å²) < 4.78 is 27.1. The maximum atomic E-state index is 13.7. The molecule has 21 heavy (non-hydrogen) atoms. The van der Waals surface area contributed by atoms with Crippen molar-refractivity contribution < 1.29 is 8.78 Å². The van der Waals surface area contributed by atoms with Gasteiger partial charge in [0.2, 0.25) is 0 Å². The summed E-state index contributed by atoms with van der Waals surface area (Å²) in [6.45, 7) is 0.779. The van der Waals surface area contributed by atoms with Gasteiger partial charge in [0.15, 0.2) is 11.6 Å². The zero-order valence-electron chi connectivity index (χ0n) is 11.5. The molecule has 1 fully saturated rings. The highest BCUT2D eigenvalue weighted by molar-refractivity contribution is 5.74. The SMILES string of the molecule is Fc1cc2c(cc1F)N1[C@H](CC[C@H]1c1ccccc1)CN2. The molecule has 0 unspecified atom stereocenters. The minimum atomic E-state index is -0.796. The van der Waals surface area contributed by atoms with Crippen molar-refractivity contribution in [3.8, 4) is 0 Å². The fraction of sp³-hybridized carbons (Fsp3) is 0.294.